The summed E-state index contributed by atoms with van der Waals surface area (Å²) in [4.78, 5) is 14.9. The molecule has 1 aliphatic heterocycles. The highest BCUT2D eigenvalue weighted by molar-refractivity contribution is 6.31. The van der Waals surface area contributed by atoms with Crippen LogP contribution in [0, 0.1) is 26.7 Å². The quantitative estimate of drug-likeness (QED) is 0.682. The van der Waals surface area contributed by atoms with E-state index in [2.05, 4.69) is 25.5 Å². The van der Waals surface area contributed by atoms with Crippen LogP contribution in [0.25, 0.3) is 5.82 Å². The van der Waals surface area contributed by atoms with Crippen LogP contribution in [0.1, 0.15) is 29.8 Å². The predicted octanol–water partition coefficient (Wildman–Crippen LogP) is 4.10. The highest BCUT2D eigenvalue weighted by Gasteiger charge is 2.27. The average molecular weight is 425 g/mol. The van der Waals surface area contributed by atoms with Crippen molar-refractivity contribution in [3.63, 3.8) is 0 Å². The zero-order valence-corrected chi connectivity index (χ0v) is 18.1. The fourth-order valence-corrected chi connectivity index (χ4v) is 3.96. The van der Waals surface area contributed by atoms with Crippen LogP contribution in [0.15, 0.2) is 36.4 Å². The third-order valence-electron chi connectivity index (χ3n) is 5.42. The monoisotopic (exact) mass is 424 g/mol. The minimum atomic E-state index is -0.115. The predicted molar refractivity (Wildman–Crippen MR) is 118 cm³/mol. The molecule has 4 rings (SSSR count). The van der Waals surface area contributed by atoms with Crippen molar-refractivity contribution in [2.75, 3.05) is 23.3 Å². The Hall–Kier alpha value is -2.93. The molecule has 1 fully saturated rings. The summed E-state index contributed by atoms with van der Waals surface area (Å²) in [5.41, 5.74) is 3.67. The van der Waals surface area contributed by atoms with Crippen LogP contribution >= 0.6 is 11.6 Å². The first-order valence-corrected chi connectivity index (χ1v) is 10.5. The summed E-state index contributed by atoms with van der Waals surface area (Å²) in [5.74, 6) is 1.35. The molecular weight excluding hydrogens is 400 g/mol. The number of amides is 1. The van der Waals surface area contributed by atoms with Gasteiger partial charge in [-0.25, -0.2) is 4.68 Å². The van der Waals surface area contributed by atoms with Crippen LogP contribution in [0.2, 0.25) is 5.02 Å². The van der Waals surface area contributed by atoms with E-state index in [4.69, 9.17) is 11.6 Å². The SMILES string of the molecule is Cc1cc(C)n(-c2ccc(N3CCCC(C(=O)Nc4ccc(C)c(Cl)c4)C3)nn2)n1. The molecule has 0 radical (unpaired) electrons. The molecule has 1 amide bonds. The van der Waals surface area contributed by atoms with Crippen molar-refractivity contribution in [3.8, 4) is 5.82 Å². The number of hydrogen-bond acceptors (Lipinski definition) is 5. The molecule has 3 aromatic rings. The molecule has 2 aromatic heterocycles. The van der Waals surface area contributed by atoms with E-state index in [0.717, 1.165) is 47.8 Å². The second-order valence-corrected chi connectivity index (χ2v) is 8.23. The van der Waals surface area contributed by atoms with Gasteiger partial charge in [-0.2, -0.15) is 5.10 Å². The highest BCUT2D eigenvalue weighted by atomic mass is 35.5. The number of carbonyl (C=O) groups is 1. The maximum absolute atomic E-state index is 12.8. The number of halogens is 1. The molecule has 30 heavy (non-hydrogen) atoms. The number of carbonyl (C=O) groups excluding carboxylic acids is 1. The molecule has 1 atom stereocenters. The maximum atomic E-state index is 12.8. The van der Waals surface area contributed by atoms with Gasteiger partial charge in [0, 0.05) is 29.5 Å². The fraction of sp³-hybridized carbons (Fsp3) is 0.364. The number of rotatable bonds is 4. The number of aryl methyl sites for hydroxylation is 3. The van der Waals surface area contributed by atoms with Gasteiger partial charge in [-0.1, -0.05) is 17.7 Å². The first kappa shape index (κ1) is 20.3. The van der Waals surface area contributed by atoms with Gasteiger partial charge in [0.1, 0.15) is 0 Å². The summed E-state index contributed by atoms with van der Waals surface area (Å²) in [6.45, 7) is 7.35. The Morgan fingerprint density at radius 1 is 1.10 bits per heavy atom. The van der Waals surface area contributed by atoms with E-state index in [9.17, 15) is 4.79 Å². The zero-order valence-electron chi connectivity index (χ0n) is 17.4. The van der Waals surface area contributed by atoms with Gasteiger partial charge in [-0.3, -0.25) is 4.79 Å². The summed E-state index contributed by atoms with van der Waals surface area (Å²) in [6, 6.07) is 11.4. The average Bonchev–Trinajstić information content (AvgIpc) is 3.09. The van der Waals surface area contributed by atoms with E-state index in [1.54, 1.807) is 10.7 Å². The van der Waals surface area contributed by atoms with Crippen molar-refractivity contribution in [2.45, 2.75) is 33.6 Å². The fourth-order valence-electron chi connectivity index (χ4n) is 3.77. The van der Waals surface area contributed by atoms with E-state index >= 15 is 0 Å². The molecule has 0 aliphatic carbocycles. The Balaban J connectivity index is 1.43. The van der Waals surface area contributed by atoms with Gasteiger partial charge >= 0.3 is 0 Å². The lowest BCUT2D eigenvalue weighted by atomic mass is 9.97. The summed E-state index contributed by atoms with van der Waals surface area (Å²) < 4.78 is 1.78. The molecule has 8 heteroatoms. The minimum absolute atomic E-state index is 0.00633. The summed E-state index contributed by atoms with van der Waals surface area (Å²) in [6.07, 6.45) is 1.77. The summed E-state index contributed by atoms with van der Waals surface area (Å²) in [7, 11) is 0. The highest BCUT2D eigenvalue weighted by Crippen LogP contribution is 2.25. The third kappa shape index (κ3) is 4.31. The number of piperidine rings is 1. The van der Waals surface area contributed by atoms with Crippen LogP contribution in [0.3, 0.4) is 0 Å². The number of benzene rings is 1. The van der Waals surface area contributed by atoms with Gasteiger partial charge in [0.2, 0.25) is 5.91 Å². The first-order valence-electron chi connectivity index (χ1n) is 10.1. The molecule has 0 saturated carbocycles. The van der Waals surface area contributed by atoms with Gasteiger partial charge in [-0.05, 0) is 69.5 Å². The third-order valence-corrected chi connectivity index (χ3v) is 5.83. The number of nitrogens with one attached hydrogen (secondary N) is 1. The smallest absolute Gasteiger partial charge is 0.229 e. The van der Waals surface area contributed by atoms with Crippen molar-refractivity contribution in [1.82, 2.24) is 20.0 Å². The number of anilines is 2. The van der Waals surface area contributed by atoms with E-state index in [1.807, 2.05) is 51.1 Å². The van der Waals surface area contributed by atoms with Crippen molar-refractivity contribution < 1.29 is 4.79 Å². The topological polar surface area (TPSA) is 75.9 Å². The lowest BCUT2D eigenvalue weighted by Gasteiger charge is -2.32. The van der Waals surface area contributed by atoms with E-state index in [1.165, 1.54) is 0 Å². The molecule has 1 N–H and O–H groups in total. The molecule has 3 heterocycles. The number of hydrogen-bond donors (Lipinski definition) is 1. The Bertz CT molecular complexity index is 1060. The van der Waals surface area contributed by atoms with Crippen LogP contribution < -0.4 is 10.2 Å². The number of nitrogens with zero attached hydrogens (tertiary/aromatic N) is 5. The Kier molecular flexibility index (Phi) is 5.72. The molecule has 1 aromatic carbocycles. The first-order chi connectivity index (χ1) is 14.4. The molecular formula is C22H25ClN6O. The van der Waals surface area contributed by atoms with Gasteiger partial charge < -0.3 is 10.2 Å². The van der Waals surface area contributed by atoms with Gasteiger partial charge in [0.05, 0.1) is 11.6 Å². The van der Waals surface area contributed by atoms with Crippen molar-refractivity contribution in [1.29, 1.82) is 0 Å². The lowest BCUT2D eigenvalue weighted by molar-refractivity contribution is -0.120. The van der Waals surface area contributed by atoms with Crippen molar-refractivity contribution >= 4 is 29.0 Å². The summed E-state index contributed by atoms with van der Waals surface area (Å²) in [5, 5.41) is 16.8. The van der Waals surface area contributed by atoms with Crippen molar-refractivity contribution in [2.24, 2.45) is 5.92 Å². The molecule has 1 saturated heterocycles. The van der Waals surface area contributed by atoms with Crippen molar-refractivity contribution in [3.05, 3.63) is 58.4 Å². The van der Waals surface area contributed by atoms with Gasteiger partial charge in [-0.15, -0.1) is 10.2 Å². The van der Waals surface area contributed by atoms with Crippen LogP contribution in [-0.4, -0.2) is 39.0 Å². The van der Waals surface area contributed by atoms with Gasteiger partial charge in [0.15, 0.2) is 11.6 Å². The zero-order chi connectivity index (χ0) is 21.3. The summed E-state index contributed by atoms with van der Waals surface area (Å²) >= 11 is 6.17. The van der Waals surface area contributed by atoms with E-state index < -0.39 is 0 Å². The maximum Gasteiger partial charge on any atom is 0.229 e. The largest absolute Gasteiger partial charge is 0.354 e. The number of aromatic nitrogens is 4. The molecule has 1 aliphatic rings. The Morgan fingerprint density at radius 3 is 2.53 bits per heavy atom. The molecule has 1 unspecified atom stereocenters. The molecule has 156 valence electrons. The minimum Gasteiger partial charge on any atom is -0.354 e. The molecule has 0 bridgehead atoms. The van der Waals surface area contributed by atoms with Gasteiger partial charge in [0.25, 0.3) is 0 Å². The van der Waals surface area contributed by atoms with Crippen LogP contribution in [-0.2, 0) is 4.79 Å². The standard InChI is InChI=1S/C22H25ClN6O/c1-14-6-7-18(12-19(14)23)24-22(30)17-5-4-10-28(13-17)20-8-9-21(26-25-20)29-16(3)11-15(2)27-29/h6-9,11-12,17H,4-5,10,13H2,1-3H3,(H,24,30). The van der Waals surface area contributed by atoms with Crippen LogP contribution in [0.5, 0.6) is 0 Å². The second-order valence-electron chi connectivity index (χ2n) is 7.83. The normalized spacial score (nSPS) is 16.5. The molecule has 7 nitrogen and oxygen atoms in total. The molecule has 0 spiro atoms. The lowest BCUT2D eigenvalue weighted by Crippen LogP contribution is -2.41. The Morgan fingerprint density at radius 2 is 1.87 bits per heavy atom. The van der Waals surface area contributed by atoms with E-state index in [0.29, 0.717) is 17.4 Å². The van der Waals surface area contributed by atoms with Crippen LogP contribution in [0.4, 0.5) is 11.5 Å². The van der Waals surface area contributed by atoms with E-state index in [-0.39, 0.29) is 11.8 Å². The Labute approximate surface area is 181 Å². The second kappa shape index (κ2) is 8.44.